The second kappa shape index (κ2) is 4.51. The first-order chi connectivity index (χ1) is 7.31. The molecule has 1 heterocycles. The van der Waals surface area contributed by atoms with Crippen LogP contribution in [-0.2, 0) is 4.79 Å². The Morgan fingerprint density at radius 2 is 2.40 bits per heavy atom. The molecule has 1 fully saturated rings. The molecule has 2 rings (SSSR count). The molecule has 0 aromatic rings. The molecule has 15 heavy (non-hydrogen) atoms. The molecule has 0 radical (unpaired) electrons. The fraction of sp³-hybridized carbons (Fsp3) is 0.583. The average molecular weight is 206 g/mol. The number of dihydropyridines is 1. The SMILES string of the molecule is CC1=C(NC=O)NCC=C1CC1CCC1. The second-order valence-electron chi connectivity index (χ2n) is 4.37. The van der Waals surface area contributed by atoms with E-state index in [1.54, 1.807) is 0 Å². The number of carbonyl (C=O) groups excluding carboxylic acids is 1. The summed E-state index contributed by atoms with van der Waals surface area (Å²) in [5.74, 6) is 1.75. The van der Waals surface area contributed by atoms with Crippen LogP contribution in [0, 0.1) is 5.92 Å². The molecule has 0 bridgehead atoms. The van der Waals surface area contributed by atoms with Crippen LogP contribution in [0.15, 0.2) is 23.0 Å². The van der Waals surface area contributed by atoms with Gasteiger partial charge in [0.1, 0.15) is 5.82 Å². The zero-order chi connectivity index (χ0) is 10.7. The van der Waals surface area contributed by atoms with Crippen LogP contribution in [0.1, 0.15) is 32.6 Å². The molecular formula is C12H18N2O. The number of hydrogen-bond donors (Lipinski definition) is 2. The summed E-state index contributed by atoms with van der Waals surface area (Å²) in [4.78, 5) is 10.4. The highest BCUT2D eigenvalue weighted by Gasteiger charge is 2.21. The Hall–Kier alpha value is -1.25. The van der Waals surface area contributed by atoms with E-state index in [-0.39, 0.29) is 0 Å². The Morgan fingerprint density at radius 3 is 3.00 bits per heavy atom. The third kappa shape index (κ3) is 2.22. The maximum absolute atomic E-state index is 10.4. The predicted octanol–water partition coefficient (Wildman–Crippen LogP) is 1.68. The van der Waals surface area contributed by atoms with E-state index >= 15 is 0 Å². The molecule has 2 aliphatic rings. The first-order valence-corrected chi connectivity index (χ1v) is 5.65. The first kappa shape index (κ1) is 10.3. The van der Waals surface area contributed by atoms with Crippen LogP contribution in [0.2, 0.25) is 0 Å². The normalized spacial score (nSPS) is 21.5. The van der Waals surface area contributed by atoms with E-state index in [2.05, 4.69) is 23.6 Å². The molecule has 0 spiro atoms. The van der Waals surface area contributed by atoms with E-state index in [4.69, 9.17) is 0 Å². The van der Waals surface area contributed by atoms with Crippen LogP contribution in [0.25, 0.3) is 0 Å². The van der Waals surface area contributed by atoms with Crippen LogP contribution < -0.4 is 10.6 Å². The van der Waals surface area contributed by atoms with Gasteiger partial charge in [-0.1, -0.05) is 25.3 Å². The van der Waals surface area contributed by atoms with Gasteiger partial charge in [-0.05, 0) is 30.4 Å². The van der Waals surface area contributed by atoms with E-state index < -0.39 is 0 Å². The molecule has 1 aliphatic heterocycles. The minimum absolute atomic E-state index is 0.734. The number of rotatable bonds is 4. The second-order valence-corrected chi connectivity index (χ2v) is 4.37. The van der Waals surface area contributed by atoms with Crippen molar-refractivity contribution in [3.8, 4) is 0 Å². The molecule has 1 saturated carbocycles. The van der Waals surface area contributed by atoms with Gasteiger partial charge in [0.05, 0.1) is 0 Å². The van der Waals surface area contributed by atoms with E-state index in [1.807, 2.05) is 0 Å². The Bertz CT molecular complexity index is 314. The summed E-state index contributed by atoms with van der Waals surface area (Å²) in [6.07, 6.45) is 8.28. The Morgan fingerprint density at radius 1 is 1.60 bits per heavy atom. The van der Waals surface area contributed by atoms with Crippen LogP contribution in [-0.4, -0.2) is 13.0 Å². The third-order valence-electron chi connectivity index (χ3n) is 3.42. The highest BCUT2D eigenvalue weighted by atomic mass is 16.1. The monoisotopic (exact) mass is 206 g/mol. The van der Waals surface area contributed by atoms with Crippen molar-refractivity contribution in [2.45, 2.75) is 32.6 Å². The third-order valence-corrected chi connectivity index (χ3v) is 3.42. The maximum atomic E-state index is 10.4. The van der Waals surface area contributed by atoms with Gasteiger partial charge in [0, 0.05) is 6.54 Å². The van der Waals surface area contributed by atoms with Crippen molar-refractivity contribution in [3.05, 3.63) is 23.0 Å². The van der Waals surface area contributed by atoms with Crippen LogP contribution in [0.3, 0.4) is 0 Å². The van der Waals surface area contributed by atoms with Gasteiger partial charge in [-0.3, -0.25) is 4.79 Å². The summed E-state index contributed by atoms with van der Waals surface area (Å²) in [5.41, 5.74) is 2.60. The van der Waals surface area contributed by atoms with Crippen molar-refractivity contribution in [1.82, 2.24) is 10.6 Å². The van der Waals surface area contributed by atoms with Crippen molar-refractivity contribution < 1.29 is 4.79 Å². The van der Waals surface area contributed by atoms with Crippen LogP contribution >= 0.6 is 0 Å². The highest BCUT2D eigenvalue weighted by molar-refractivity contribution is 5.52. The predicted molar refractivity (Wildman–Crippen MR) is 59.9 cm³/mol. The zero-order valence-electron chi connectivity index (χ0n) is 9.18. The summed E-state index contributed by atoms with van der Waals surface area (Å²) < 4.78 is 0. The van der Waals surface area contributed by atoms with Gasteiger partial charge in [0.15, 0.2) is 0 Å². The topological polar surface area (TPSA) is 41.1 Å². The van der Waals surface area contributed by atoms with Crippen molar-refractivity contribution in [2.75, 3.05) is 6.54 Å². The van der Waals surface area contributed by atoms with E-state index in [1.165, 1.54) is 36.8 Å². The zero-order valence-corrected chi connectivity index (χ0v) is 9.18. The van der Waals surface area contributed by atoms with E-state index in [9.17, 15) is 4.79 Å². The molecule has 0 unspecified atom stereocenters. The molecule has 0 atom stereocenters. The van der Waals surface area contributed by atoms with Crippen LogP contribution in [0.4, 0.5) is 0 Å². The Balaban J connectivity index is 2.03. The number of carbonyl (C=O) groups is 1. The number of hydrogen-bond acceptors (Lipinski definition) is 2. The van der Waals surface area contributed by atoms with Gasteiger partial charge in [-0.2, -0.15) is 0 Å². The minimum Gasteiger partial charge on any atom is -0.368 e. The number of amides is 1. The molecule has 1 amide bonds. The Kier molecular flexibility index (Phi) is 3.09. The molecule has 0 aromatic carbocycles. The summed E-state index contributed by atoms with van der Waals surface area (Å²) in [5, 5.41) is 5.89. The lowest BCUT2D eigenvalue weighted by atomic mass is 9.79. The van der Waals surface area contributed by atoms with Crippen molar-refractivity contribution >= 4 is 6.41 Å². The maximum Gasteiger partial charge on any atom is 0.212 e. The number of nitrogens with one attached hydrogen (secondary N) is 2. The fourth-order valence-electron chi connectivity index (χ4n) is 2.19. The van der Waals surface area contributed by atoms with Gasteiger partial charge in [-0.25, -0.2) is 0 Å². The smallest absolute Gasteiger partial charge is 0.212 e. The molecular weight excluding hydrogens is 188 g/mol. The molecule has 3 heteroatoms. The summed E-state index contributed by atoms with van der Waals surface area (Å²) in [6.45, 7) is 2.90. The van der Waals surface area contributed by atoms with Gasteiger partial charge >= 0.3 is 0 Å². The van der Waals surface area contributed by atoms with E-state index in [0.29, 0.717) is 0 Å². The number of allylic oxidation sites excluding steroid dienone is 2. The van der Waals surface area contributed by atoms with E-state index in [0.717, 1.165) is 24.7 Å². The molecule has 0 aromatic heterocycles. The summed E-state index contributed by atoms with van der Waals surface area (Å²) in [7, 11) is 0. The van der Waals surface area contributed by atoms with Crippen molar-refractivity contribution in [3.63, 3.8) is 0 Å². The Labute approximate surface area is 90.6 Å². The van der Waals surface area contributed by atoms with Gasteiger partial charge in [0.2, 0.25) is 6.41 Å². The lowest BCUT2D eigenvalue weighted by Gasteiger charge is -2.29. The quantitative estimate of drug-likeness (QED) is 0.687. The molecule has 0 saturated heterocycles. The summed E-state index contributed by atoms with van der Waals surface area (Å²) >= 11 is 0. The average Bonchev–Trinajstić information content (AvgIpc) is 2.17. The van der Waals surface area contributed by atoms with Crippen molar-refractivity contribution in [2.24, 2.45) is 5.92 Å². The highest BCUT2D eigenvalue weighted by Crippen LogP contribution is 2.34. The fourth-order valence-corrected chi connectivity index (χ4v) is 2.19. The molecule has 1 aliphatic carbocycles. The lowest BCUT2D eigenvalue weighted by molar-refractivity contribution is -0.109. The van der Waals surface area contributed by atoms with Crippen molar-refractivity contribution in [1.29, 1.82) is 0 Å². The molecule has 82 valence electrons. The largest absolute Gasteiger partial charge is 0.368 e. The molecule has 2 N–H and O–H groups in total. The van der Waals surface area contributed by atoms with Crippen LogP contribution in [0.5, 0.6) is 0 Å². The lowest BCUT2D eigenvalue weighted by Crippen LogP contribution is -2.30. The van der Waals surface area contributed by atoms with Gasteiger partial charge in [-0.15, -0.1) is 0 Å². The molecule has 3 nitrogen and oxygen atoms in total. The first-order valence-electron chi connectivity index (χ1n) is 5.65. The van der Waals surface area contributed by atoms with Gasteiger partial charge < -0.3 is 10.6 Å². The standard InChI is InChI=1S/C12H18N2O/c1-9-11(7-10-3-2-4-10)5-6-13-12(9)14-8-15/h5,8,10,13H,2-4,6-7H2,1H3,(H,14,15). The summed E-state index contributed by atoms with van der Waals surface area (Å²) in [6, 6.07) is 0. The van der Waals surface area contributed by atoms with Gasteiger partial charge in [0.25, 0.3) is 0 Å². The minimum atomic E-state index is 0.734.